The largest absolute Gasteiger partial charge is 0.748 e. The highest BCUT2D eigenvalue weighted by Gasteiger charge is 2.27. The molecular formula is C19H17ClN2O3S3. The molecule has 28 heavy (non-hydrogen) atoms. The van der Waals surface area contributed by atoms with Crippen molar-refractivity contribution in [1.29, 1.82) is 0 Å². The fraction of sp³-hybridized carbons (Fsp3) is 0.211. The molecule has 1 aliphatic rings. The Morgan fingerprint density at radius 1 is 1.25 bits per heavy atom. The molecule has 2 aromatic carbocycles. The minimum Gasteiger partial charge on any atom is -0.748 e. The Bertz CT molecular complexity index is 1190. The maximum atomic E-state index is 11.0. The standard InChI is InChI=1S/C19H17ClN2O3S3/c1-21-14-5-2-3-6-16(14)26-18(21)12-19-22(9-4-10-28(23,24)25)15-11-13(20)7-8-17(15)27-19/h2-3,5-8,11-12H,4,9-10H2,1H3. The Balaban J connectivity index is 1.71. The zero-order valence-electron chi connectivity index (χ0n) is 15.0. The van der Waals surface area contributed by atoms with Gasteiger partial charge in [-0.3, -0.25) is 0 Å². The van der Waals surface area contributed by atoms with E-state index in [0.29, 0.717) is 11.6 Å². The molecule has 3 aromatic rings. The molecule has 9 heteroatoms. The third-order valence-electron chi connectivity index (χ3n) is 4.49. The van der Waals surface area contributed by atoms with Crippen LogP contribution in [-0.4, -0.2) is 25.3 Å². The van der Waals surface area contributed by atoms with Crippen LogP contribution >= 0.6 is 34.7 Å². The lowest BCUT2D eigenvalue weighted by molar-refractivity contribution is -0.642. The summed E-state index contributed by atoms with van der Waals surface area (Å²) in [5.41, 5.74) is 2.10. The number of nitrogens with zero attached hydrogens (tertiary/aromatic N) is 2. The zero-order valence-corrected chi connectivity index (χ0v) is 18.2. The van der Waals surface area contributed by atoms with Crippen LogP contribution in [0.1, 0.15) is 11.4 Å². The Morgan fingerprint density at radius 3 is 2.79 bits per heavy atom. The Labute approximate surface area is 177 Å². The number of halogens is 1. The Kier molecular flexibility index (Phi) is 5.41. The molecule has 0 N–H and O–H groups in total. The van der Waals surface area contributed by atoms with Crippen molar-refractivity contribution in [2.45, 2.75) is 11.3 Å². The second-order valence-electron chi connectivity index (χ2n) is 6.43. The molecule has 5 nitrogen and oxygen atoms in total. The van der Waals surface area contributed by atoms with Gasteiger partial charge in [0.15, 0.2) is 0 Å². The first-order valence-corrected chi connectivity index (χ1v) is 12.2. The second kappa shape index (κ2) is 7.68. The first-order chi connectivity index (χ1) is 13.3. The molecule has 0 spiro atoms. The SMILES string of the molecule is C[n+]1c(/C=C2/Sc3ccc(Cl)cc3N2CCCS(=O)(=O)[O-])sc2ccccc21. The van der Waals surface area contributed by atoms with Crippen molar-refractivity contribution in [3.8, 4) is 0 Å². The van der Waals surface area contributed by atoms with Gasteiger partial charge in [-0.2, -0.15) is 4.57 Å². The van der Waals surface area contributed by atoms with Crippen molar-refractivity contribution in [3.05, 3.63) is 57.5 Å². The van der Waals surface area contributed by atoms with Crippen molar-refractivity contribution in [1.82, 2.24) is 0 Å². The van der Waals surface area contributed by atoms with E-state index in [4.69, 9.17) is 11.6 Å². The highest BCUT2D eigenvalue weighted by atomic mass is 35.5. The Hall–Kier alpha value is -1.58. The monoisotopic (exact) mass is 452 g/mol. The summed E-state index contributed by atoms with van der Waals surface area (Å²) in [6.45, 7) is 0.433. The number of hydrogen-bond donors (Lipinski definition) is 0. The highest BCUT2D eigenvalue weighted by molar-refractivity contribution is 8.03. The number of thiazole rings is 1. The molecule has 0 atom stereocenters. The van der Waals surface area contributed by atoms with E-state index in [2.05, 4.69) is 22.8 Å². The molecule has 0 radical (unpaired) electrons. The summed E-state index contributed by atoms with van der Waals surface area (Å²) in [6, 6.07) is 13.9. The van der Waals surface area contributed by atoms with Crippen molar-refractivity contribution < 1.29 is 17.5 Å². The molecule has 0 saturated carbocycles. The van der Waals surface area contributed by atoms with Crippen molar-refractivity contribution in [3.63, 3.8) is 0 Å². The van der Waals surface area contributed by atoms with Gasteiger partial charge in [-0.15, -0.1) is 0 Å². The van der Waals surface area contributed by atoms with Crippen molar-refractivity contribution in [2.24, 2.45) is 7.05 Å². The number of fused-ring (bicyclic) bond motifs is 2. The Morgan fingerprint density at radius 2 is 2.04 bits per heavy atom. The summed E-state index contributed by atoms with van der Waals surface area (Å²) in [6.07, 6.45) is 2.36. The average Bonchev–Trinajstić information content (AvgIpc) is 3.13. The molecule has 0 bridgehead atoms. The van der Waals surface area contributed by atoms with Crippen LogP contribution in [0.15, 0.2) is 52.4 Å². The number of thioether (sulfide) groups is 1. The van der Waals surface area contributed by atoms with E-state index in [1.165, 1.54) is 4.70 Å². The molecule has 0 aliphatic carbocycles. The van der Waals surface area contributed by atoms with Crippen LogP contribution in [0.2, 0.25) is 5.02 Å². The van der Waals surface area contributed by atoms with Crippen LogP contribution < -0.4 is 9.47 Å². The van der Waals surface area contributed by atoms with E-state index >= 15 is 0 Å². The zero-order chi connectivity index (χ0) is 19.9. The molecule has 146 valence electrons. The highest BCUT2D eigenvalue weighted by Crippen LogP contribution is 2.47. The number of anilines is 1. The number of benzene rings is 2. The third-order valence-corrected chi connectivity index (χ3v) is 7.79. The first-order valence-electron chi connectivity index (χ1n) is 8.59. The van der Waals surface area contributed by atoms with E-state index in [-0.39, 0.29) is 12.2 Å². The minimum absolute atomic E-state index is 0.258. The average molecular weight is 453 g/mol. The summed E-state index contributed by atoms with van der Waals surface area (Å²) >= 11 is 9.49. The van der Waals surface area contributed by atoms with Crippen LogP contribution in [0, 0.1) is 0 Å². The molecule has 2 heterocycles. The summed E-state index contributed by atoms with van der Waals surface area (Å²) in [4.78, 5) is 3.10. The van der Waals surface area contributed by atoms with E-state index in [0.717, 1.165) is 26.1 Å². The summed E-state index contributed by atoms with van der Waals surface area (Å²) in [5, 5.41) is 2.70. The quantitative estimate of drug-likeness (QED) is 0.428. The van der Waals surface area contributed by atoms with E-state index in [1.807, 2.05) is 42.3 Å². The number of aromatic nitrogens is 1. The predicted molar refractivity (Wildman–Crippen MR) is 115 cm³/mol. The molecule has 0 fully saturated rings. The van der Waals surface area contributed by atoms with Gasteiger partial charge in [0, 0.05) is 28.3 Å². The third kappa shape index (κ3) is 4.06. The van der Waals surface area contributed by atoms with Gasteiger partial charge in [-0.25, -0.2) is 8.42 Å². The number of para-hydroxylation sites is 1. The van der Waals surface area contributed by atoms with Gasteiger partial charge in [-0.1, -0.05) is 46.8 Å². The maximum Gasteiger partial charge on any atom is 0.265 e. The topological polar surface area (TPSA) is 64.3 Å². The fourth-order valence-corrected chi connectivity index (χ4v) is 6.08. The van der Waals surface area contributed by atoms with Crippen molar-refractivity contribution >= 4 is 66.8 Å². The van der Waals surface area contributed by atoms with Crippen LogP contribution in [0.3, 0.4) is 0 Å². The molecule has 4 rings (SSSR count). The molecule has 1 aliphatic heterocycles. The van der Waals surface area contributed by atoms with E-state index in [9.17, 15) is 13.0 Å². The molecular weight excluding hydrogens is 436 g/mol. The first kappa shape index (κ1) is 19.7. The van der Waals surface area contributed by atoms with Gasteiger partial charge in [0.2, 0.25) is 5.52 Å². The number of aryl methyl sites for hydroxylation is 1. The number of rotatable bonds is 5. The lowest BCUT2D eigenvalue weighted by Gasteiger charge is -2.20. The lowest BCUT2D eigenvalue weighted by Crippen LogP contribution is -2.29. The summed E-state index contributed by atoms with van der Waals surface area (Å²) in [5.74, 6) is -0.381. The fourth-order valence-electron chi connectivity index (χ4n) is 3.16. The van der Waals surface area contributed by atoms with Gasteiger partial charge >= 0.3 is 0 Å². The molecule has 0 saturated heterocycles. The predicted octanol–water partition coefficient (Wildman–Crippen LogP) is 4.23. The van der Waals surface area contributed by atoms with Gasteiger partial charge in [0.05, 0.1) is 26.9 Å². The lowest BCUT2D eigenvalue weighted by atomic mass is 10.2. The van der Waals surface area contributed by atoms with Crippen LogP contribution in [-0.2, 0) is 17.2 Å². The molecule has 1 aromatic heterocycles. The van der Waals surface area contributed by atoms with Crippen LogP contribution in [0.5, 0.6) is 0 Å². The number of hydrogen-bond acceptors (Lipinski definition) is 6. The normalized spacial score (nSPS) is 15.5. The second-order valence-corrected chi connectivity index (χ2v) is 10.5. The molecule has 0 amide bonds. The van der Waals surface area contributed by atoms with Gasteiger partial charge in [-0.05, 0) is 30.7 Å². The van der Waals surface area contributed by atoms with Crippen molar-refractivity contribution in [2.75, 3.05) is 17.2 Å². The van der Waals surface area contributed by atoms with Gasteiger partial charge in [0.1, 0.15) is 11.7 Å². The minimum atomic E-state index is -4.23. The smallest absolute Gasteiger partial charge is 0.265 e. The van der Waals surface area contributed by atoms with E-state index < -0.39 is 10.1 Å². The van der Waals surface area contributed by atoms with E-state index in [1.54, 1.807) is 23.1 Å². The summed E-state index contributed by atoms with van der Waals surface area (Å²) in [7, 11) is -2.20. The van der Waals surface area contributed by atoms with Crippen LogP contribution in [0.25, 0.3) is 16.3 Å². The maximum absolute atomic E-state index is 11.0. The van der Waals surface area contributed by atoms with Gasteiger partial charge in [0.25, 0.3) is 5.01 Å². The van der Waals surface area contributed by atoms with Crippen LogP contribution in [0.4, 0.5) is 5.69 Å². The summed E-state index contributed by atoms with van der Waals surface area (Å²) < 4.78 is 36.4. The van der Waals surface area contributed by atoms with Gasteiger partial charge < -0.3 is 9.45 Å². The molecule has 0 unspecified atom stereocenters.